The molecule has 0 saturated heterocycles. The van der Waals surface area contributed by atoms with Gasteiger partial charge in [0.15, 0.2) is 17.3 Å². The third kappa shape index (κ3) is 5.97. The molecule has 0 unspecified atom stereocenters. The van der Waals surface area contributed by atoms with Gasteiger partial charge in [0.1, 0.15) is 11.3 Å². The zero-order valence-electron chi connectivity index (χ0n) is 20.4. The van der Waals surface area contributed by atoms with E-state index in [1.165, 1.54) is 36.4 Å². The van der Waals surface area contributed by atoms with Gasteiger partial charge in [-0.25, -0.2) is 4.57 Å². The minimum atomic E-state index is -4.33. The highest BCUT2D eigenvalue weighted by Gasteiger charge is 2.31. The van der Waals surface area contributed by atoms with Gasteiger partial charge in [-0.15, -0.1) is 0 Å². The van der Waals surface area contributed by atoms with Crippen LogP contribution in [-0.4, -0.2) is 15.3 Å². The Labute approximate surface area is 222 Å². The molecule has 198 valence electrons. The van der Waals surface area contributed by atoms with Crippen LogP contribution in [0.5, 0.6) is 23.0 Å². The van der Waals surface area contributed by atoms with Crippen LogP contribution in [0, 0.1) is 0 Å². The van der Waals surface area contributed by atoms with Gasteiger partial charge in [-0.05, 0) is 41.5 Å². The topological polar surface area (TPSA) is 136 Å². The van der Waals surface area contributed by atoms with Crippen molar-refractivity contribution < 1.29 is 37.9 Å². The summed E-state index contributed by atoms with van der Waals surface area (Å²) in [5, 5.41) is 30.9. The van der Waals surface area contributed by atoms with E-state index in [4.69, 9.17) is 18.0 Å². The lowest BCUT2D eigenvalue weighted by Gasteiger charge is -2.20. The van der Waals surface area contributed by atoms with E-state index in [0.717, 1.165) is 0 Å². The highest BCUT2D eigenvalue weighted by Crippen LogP contribution is 2.53. The number of phosphoric ester groups is 1. The molecule has 10 heteroatoms. The van der Waals surface area contributed by atoms with Gasteiger partial charge < -0.3 is 24.3 Å². The average molecular weight is 546 g/mol. The van der Waals surface area contributed by atoms with E-state index in [0.29, 0.717) is 11.1 Å². The fraction of sp³-hybridized carbons (Fsp3) is 0.0690. The molecule has 0 atom stereocenters. The van der Waals surface area contributed by atoms with Crippen LogP contribution in [0.1, 0.15) is 11.1 Å². The third-order valence-electron chi connectivity index (χ3n) is 5.75. The summed E-state index contributed by atoms with van der Waals surface area (Å²) in [6.07, 6.45) is 0. The molecule has 0 saturated carbocycles. The first-order valence-corrected chi connectivity index (χ1v) is 13.3. The Hall–Kier alpha value is -4.56. The smallest absolute Gasteiger partial charge is 0.508 e. The normalized spacial score (nSPS) is 11.5. The number of phenols is 2. The lowest BCUT2D eigenvalue weighted by molar-refractivity contribution is 0.142. The van der Waals surface area contributed by atoms with Crippen LogP contribution in [0.2, 0.25) is 0 Å². The van der Waals surface area contributed by atoms with Crippen molar-refractivity contribution in [2.24, 2.45) is 0 Å². The quantitative estimate of drug-likeness (QED) is 0.177. The van der Waals surface area contributed by atoms with Crippen LogP contribution in [-0.2, 0) is 26.8 Å². The molecule has 5 aromatic rings. The predicted octanol–water partition coefficient (Wildman–Crippen LogP) is 6.50. The Balaban J connectivity index is 1.49. The van der Waals surface area contributed by atoms with Crippen molar-refractivity contribution >= 4 is 18.8 Å². The SMILES string of the molecule is O=c1c(O)c(-c2ccc(O)c(OP(=O)(OCc3ccccc3)OCc3ccccc3)c2)oc2cc(O)ccc12. The summed E-state index contributed by atoms with van der Waals surface area (Å²) >= 11 is 0. The molecule has 0 aliphatic heterocycles. The van der Waals surface area contributed by atoms with Gasteiger partial charge >= 0.3 is 7.82 Å². The highest BCUT2D eigenvalue weighted by atomic mass is 31.2. The minimum Gasteiger partial charge on any atom is -0.508 e. The van der Waals surface area contributed by atoms with Crippen molar-refractivity contribution in [3.63, 3.8) is 0 Å². The van der Waals surface area contributed by atoms with Crippen molar-refractivity contribution in [3.8, 4) is 34.3 Å². The number of benzene rings is 4. The second-order valence-corrected chi connectivity index (χ2v) is 10.1. The van der Waals surface area contributed by atoms with Crippen LogP contribution in [0.4, 0.5) is 0 Å². The fourth-order valence-electron chi connectivity index (χ4n) is 3.76. The van der Waals surface area contributed by atoms with Gasteiger partial charge in [0.2, 0.25) is 11.2 Å². The Morgan fingerprint density at radius 1 is 0.744 bits per heavy atom. The second-order valence-electron chi connectivity index (χ2n) is 8.53. The van der Waals surface area contributed by atoms with Crippen molar-refractivity contribution in [1.29, 1.82) is 0 Å². The minimum absolute atomic E-state index is 0.0337. The zero-order valence-corrected chi connectivity index (χ0v) is 21.3. The van der Waals surface area contributed by atoms with Gasteiger partial charge in [-0.2, -0.15) is 0 Å². The molecular formula is C29H23O9P. The second kappa shape index (κ2) is 11.0. The summed E-state index contributed by atoms with van der Waals surface area (Å²) < 4.78 is 36.3. The Morgan fingerprint density at radius 3 is 1.97 bits per heavy atom. The number of phenolic OH excluding ortho intramolecular Hbond substituents is 2. The lowest BCUT2D eigenvalue weighted by atomic mass is 10.1. The van der Waals surface area contributed by atoms with Crippen LogP contribution >= 0.6 is 7.82 Å². The van der Waals surface area contributed by atoms with Crippen LogP contribution < -0.4 is 9.95 Å². The van der Waals surface area contributed by atoms with Crippen molar-refractivity contribution in [3.05, 3.63) is 118 Å². The first kappa shape index (κ1) is 26.1. The van der Waals surface area contributed by atoms with Gasteiger partial charge in [0, 0.05) is 11.6 Å². The van der Waals surface area contributed by atoms with Crippen molar-refractivity contribution in [1.82, 2.24) is 0 Å². The highest BCUT2D eigenvalue weighted by molar-refractivity contribution is 7.48. The summed E-state index contributed by atoms with van der Waals surface area (Å²) in [5.74, 6) is -1.76. The molecule has 0 aliphatic rings. The number of hydrogen-bond donors (Lipinski definition) is 3. The van der Waals surface area contributed by atoms with E-state index >= 15 is 0 Å². The molecule has 0 spiro atoms. The monoisotopic (exact) mass is 546 g/mol. The largest absolute Gasteiger partial charge is 0.530 e. The van der Waals surface area contributed by atoms with Gasteiger partial charge in [-0.1, -0.05) is 60.7 Å². The van der Waals surface area contributed by atoms with E-state index in [1.54, 1.807) is 48.5 Å². The number of phosphoric acid groups is 1. The summed E-state index contributed by atoms with van der Waals surface area (Å²) in [7, 11) is -4.33. The molecule has 0 fully saturated rings. The maximum Gasteiger partial charge on any atom is 0.530 e. The molecule has 1 heterocycles. The number of fused-ring (bicyclic) bond motifs is 1. The summed E-state index contributed by atoms with van der Waals surface area (Å²) in [5.41, 5.74) is 0.874. The molecule has 5 rings (SSSR count). The Morgan fingerprint density at radius 2 is 1.36 bits per heavy atom. The van der Waals surface area contributed by atoms with Crippen LogP contribution in [0.15, 0.2) is 106 Å². The van der Waals surface area contributed by atoms with Crippen molar-refractivity contribution in [2.45, 2.75) is 13.2 Å². The molecule has 1 aromatic heterocycles. The molecule has 0 radical (unpaired) electrons. The number of hydrogen-bond acceptors (Lipinski definition) is 9. The summed E-state index contributed by atoms with van der Waals surface area (Å²) in [6, 6.07) is 25.7. The molecule has 0 amide bonds. The standard InChI is InChI=1S/C29H23O9P/c30-22-12-13-23-25(16-22)37-29(28(33)27(23)32)21-11-14-24(31)26(15-21)38-39(34,35-17-19-7-3-1-4-8-19)36-18-20-9-5-2-6-10-20/h1-16,30-31,33H,17-18H2. The van der Waals surface area contributed by atoms with Crippen LogP contribution in [0.25, 0.3) is 22.3 Å². The predicted molar refractivity (Wildman–Crippen MR) is 144 cm³/mol. The Bertz CT molecular complexity index is 1670. The zero-order chi connectivity index (χ0) is 27.4. The summed E-state index contributed by atoms with van der Waals surface area (Å²) in [4.78, 5) is 12.7. The molecule has 3 N–H and O–H groups in total. The van der Waals surface area contributed by atoms with Gasteiger partial charge in [0.25, 0.3) is 0 Å². The molecule has 0 aliphatic carbocycles. The lowest BCUT2D eigenvalue weighted by Crippen LogP contribution is -2.04. The van der Waals surface area contributed by atoms with Crippen molar-refractivity contribution in [2.75, 3.05) is 0 Å². The van der Waals surface area contributed by atoms with E-state index in [9.17, 15) is 24.7 Å². The van der Waals surface area contributed by atoms with E-state index < -0.39 is 24.8 Å². The molecule has 0 bridgehead atoms. The molecule has 4 aromatic carbocycles. The van der Waals surface area contributed by atoms with E-state index in [2.05, 4.69) is 0 Å². The maximum absolute atomic E-state index is 13.7. The molecule has 9 nitrogen and oxygen atoms in total. The number of rotatable bonds is 9. The average Bonchev–Trinajstić information content (AvgIpc) is 2.95. The van der Waals surface area contributed by atoms with E-state index in [1.807, 2.05) is 12.1 Å². The summed E-state index contributed by atoms with van der Waals surface area (Å²) in [6.45, 7) is -0.200. The van der Waals surface area contributed by atoms with Crippen LogP contribution in [0.3, 0.4) is 0 Å². The first-order valence-electron chi connectivity index (χ1n) is 11.8. The van der Waals surface area contributed by atoms with Gasteiger partial charge in [0.05, 0.1) is 18.6 Å². The Kier molecular flexibility index (Phi) is 7.38. The first-order chi connectivity index (χ1) is 18.8. The molecular weight excluding hydrogens is 523 g/mol. The maximum atomic E-state index is 13.7. The number of aromatic hydroxyl groups is 3. The third-order valence-corrected chi connectivity index (χ3v) is 7.06. The molecule has 39 heavy (non-hydrogen) atoms. The fourth-order valence-corrected chi connectivity index (χ4v) is 4.94. The van der Waals surface area contributed by atoms with Gasteiger partial charge in [-0.3, -0.25) is 13.8 Å². The van der Waals surface area contributed by atoms with E-state index in [-0.39, 0.29) is 47.0 Å².